The van der Waals surface area contributed by atoms with Gasteiger partial charge in [-0.1, -0.05) is 53.1 Å². The molecule has 0 radical (unpaired) electrons. The molecule has 4 aromatic heterocycles. The Morgan fingerprint density at radius 1 is 0.542 bits per heavy atom. The standard InChI is InChI=1S/C54H46B3F6N9/c1-28-18-31(4)47(32(5)19-28)50(38-12-10-16-64-38)45-26-42-54(72(45)57(62)63)69-41-25-40(67-53(41)68-42)52(49-35(8)22-30(3)23-36(49)9)44-14-15-46(71(44)56(60)61)66-37-24-39(65-27-37)51(43-13-11-17-70(43)55(58)59)48-33(6)20-29(2)21-34(48)7/h10-27,66H,1-9H3/b50-38+,51-39-,52-40-. The van der Waals surface area contributed by atoms with Gasteiger partial charge in [-0.25, -0.2) is 15.0 Å². The van der Waals surface area contributed by atoms with Gasteiger partial charge in [0.05, 0.1) is 29.0 Å². The van der Waals surface area contributed by atoms with E-state index in [-0.39, 0.29) is 50.6 Å². The van der Waals surface area contributed by atoms with Crippen LogP contribution in [0.3, 0.4) is 0 Å². The van der Waals surface area contributed by atoms with Gasteiger partial charge in [0.25, 0.3) is 0 Å². The van der Waals surface area contributed by atoms with Crippen LogP contribution in [0, 0.1) is 62.3 Å². The van der Waals surface area contributed by atoms with Crippen LogP contribution in [0.25, 0.3) is 34.0 Å². The quantitative estimate of drug-likeness (QED) is 0.103. The monoisotopic (exact) mass is 967 g/mol. The Morgan fingerprint density at radius 2 is 1.10 bits per heavy atom. The highest BCUT2D eigenvalue weighted by Gasteiger charge is 2.33. The van der Waals surface area contributed by atoms with E-state index in [1.807, 2.05) is 98.7 Å². The summed E-state index contributed by atoms with van der Waals surface area (Å²) < 4.78 is 94.2. The average molecular weight is 967 g/mol. The van der Waals surface area contributed by atoms with E-state index in [1.165, 1.54) is 18.5 Å². The Hall–Kier alpha value is -7.88. The first kappa shape index (κ1) is 47.8. The molecule has 0 saturated carbocycles. The van der Waals surface area contributed by atoms with Gasteiger partial charge in [-0.15, -0.1) is 0 Å². The minimum absolute atomic E-state index is 0.0149. The number of aryl methyl sites for hydroxylation is 9. The molecule has 0 unspecified atom stereocenters. The smallest absolute Gasteiger partial charge is 0.341 e. The molecule has 0 spiro atoms. The normalized spacial score (nSPS) is 15.8. The Morgan fingerprint density at radius 3 is 1.62 bits per heavy atom. The summed E-state index contributed by atoms with van der Waals surface area (Å²) in [6, 6.07) is 19.7. The second-order valence-corrected chi connectivity index (χ2v) is 18.6. The minimum Gasteiger partial charge on any atom is -0.341 e. The van der Waals surface area contributed by atoms with Crippen LogP contribution in [-0.2, 0) is 0 Å². The summed E-state index contributed by atoms with van der Waals surface area (Å²) in [4.78, 5) is 23.7. The van der Waals surface area contributed by atoms with E-state index in [9.17, 15) is 8.63 Å². The van der Waals surface area contributed by atoms with Crippen molar-refractivity contribution in [2.45, 2.75) is 62.3 Å². The summed E-state index contributed by atoms with van der Waals surface area (Å²) in [5, 5.41) is 3.33. The molecule has 3 aliphatic heterocycles. The van der Waals surface area contributed by atoms with Gasteiger partial charge >= 0.3 is 22.2 Å². The number of nitrogens with one attached hydrogen (secondary N) is 1. The predicted octanol–water partition coefficient (Wildman–Crippen LogP) is 11.2. The lowest BCUT2D eigenvalue weighted by molar-refractivity contribution is 0.627. The number of benzene rings is 3. The molecule has 0 bridgehead atoms. The van der Waals surface area contributed by atoms with Crippen LogP contribution in [0.1, 0.15) is 83.8 Å². The van der Waals surface area contributed by atoms with Gasteiger partial charge < -0.3 is 18.8 Å². The predicted molar refractivity (Wildman–Crippen MR) is 280 cm³/mol. The van der Waals surface area contributed by atoms with Gasteiger partial charge in [0.1, 0.15) is 16.7 Å². The molecule has 7 heterocycles. The lowest BCUT2D eigenvalue weighted by Gasteiger charge is -2.19. The fraction of sp³-hybridized carbons (Fsp3) is 0.167. The fourth-order valence-electron chi connectivity index (χ4n) is 10.8. The maximum atomic E-state index is 15.8. The zero-order valence-corrected chi connectivity index (χ0v) is 41.0. The summed E-state index contributed by atoms with van der Waals surface area (Å²) in [6.07, 6.45) is 11.2. The zero-order chi connectivity index (χ0) is 51.0. The van der Waals surface area contributed by atoms with Gasteiger partial charge in [0.15, 0.2) is 11.1 Å². The number of halogens is 6. The molecule has 9 nitrogen and oxygen atoms in total. The molecule has 0 saturated heterocycles. The second kappa shape index (κ2) is 18.4. The van der Waals surface area contributed by atoms with E-state index >= 15 is 17.3 Å². The number of aromatic nitrogens is 5. The maximum Gasteiger partial charge on any atom is 0.679 e. The lowest BCUT2D eigenvalue weighted by atomic mass is 9.90. The van der Waals surface area contributed by atoms with Crippen molar-refractivity contribution in [2.75, 3.05) is 5.32 Å². The van der Waals surface area contributed by atoms with E-state index in [0.717, 1.165) is 74.6 Å². The second-order valence-electron chi connectivity index (χ2n) is 18.6. The van der Waals surface area contributed by atoms with Crippen molar-refractivity contribution in [2.24, 2.45) is 15.0 Å². The first-order valence-corrected chi connectivity index (χ1v) is 23.3. The van der Waals surface area contributed by atoms with Gasteiger partial charge in [-0.2, -0.15) is 0 Å². The summed E-state index contributed by atoms with van der Waals surface area (Å²) >= 11 is 0. The van der Waals surface area contributed by atoms with Crippen molar-refractivity contribution < 1.29 is 25.9 Å². The number of fused-ring (bicyclic) bond motifs is 2. The van der Waals surface area contributed by atoms with Crippen molar-refractivity contribution in [1.29, 1.82) is 0 Å². The average Bonchev–Trinajstić information content (AvgIpc) is 4.16. The molecule has 7 aromatic rings. The molecule has 18 heteroatoms. The van der Waals surface area contributed by atoms with E-state index in [1.54, 1.807) is 54.8 Å². The van der Waals surface area contributed by atoms with Crippen LogP contribution in [0.2, 0.25) is 0 Å². The number of hydrogen-bond donors (Lipinski definition) is 1. The number of allylic oxidation sites excluding steroid dienone is 5. The van der Waals surface area contributed by atoms with E-state index < -0.39 is 22.2 Å². The Kier molecular flexibility index (Phi) is 12.2. The maximum absolute atomic E-state index is 15.8. The van der Waals surface area contributed by atoms with Crippen LogP contribution in [-0.4, -0.2) is 58.0 Å². The molecule has 0 amide bonds. The molecule has 3 aromatic carbocycles. The molecule has 10 rings (SSSR count). The van der Waals surface area contributed by atoms with Crippen molar-refractivity contribution in [3.05, 3.63) is 209 Å². The SMILES string of the molecule is Cc1cc(C)c(/C(=C2\C=CC=N2)c2cc3nc4c(nc3n2B(F)F)=C/C(=C(/c2c(C)cc(C)cc2C)c2ccc(NC3=C/C(=C(/c5c(C)cc(C)cc5C)c5cccn5B(F)F)N=C3)n2B(F)F)N=4)c(C)c1. The molecule has 358 valence electrons. The van der Waals surface area contributed by atoms with Gasteiger partial charge in [-0.3, -0.25) is 35.9 Å². The van der Waals surface area contributed by atoms with Crippen molar-refractivity contribution >= 4 is 74.4 Å². The first-order valence-electron chi connectivity index (χ1n) is 23.3. The van der Waals surface area contributed by atoms with Gasteiger partial charge in [-0.05, 0) is 173 Å². The number of nitrogens with zero attached hydrogens (tertiary/aromatic N) is 8. The lowest BCUT2D eigenvalue weighted by Crippen LogP contribution is -2.30. The third-order valence-electron chi connectivity index (χ3n) is 13.2. The number of aliphatic imine (C=N–C) groups is 2. The highest BCUT2D eigenvalue weighted by atomic mass is 19.2. The molecular weight excluding hydrogens is 921 g/mol. The third-order valence-corrected chi connectivity index (χ3v) is 13.2. The minimum atomic E-state index is -3.08. The van der Waals surface area contributed by atoms with Gasteiger partial charge in [0.2, 0.25) is 0 Å². The van der Waals surface area contributed by atoms with Crippen LogP contribution in [0.15, 0.2) is 129 Å². The molecule has 3 aliphatic rings. The highest BCUT2D eigenvalue weighted by molar-refractivity contribution is 6.43. The number of hydrogen-bond acceptors (Lipinski definition) is 6. The fourth-order valence-corrected chi connectivity index (χ4v) is 10.8. The van der Waals surface area contributed by atoms with Crippen molar-refractivity contribution in [1.82, 2.24) is 23.4 Å². The van der Waals surface area contributed by atoms with Crippen LogP contribution < -0.4 is 16.2 Å². The van der Waals surface area contributed by atoms with Crippen LogP contribution in [0.5, 0.6) is 0 Å². The van der Waals surface area contributed by atoms with Gasteiger partial charge in [0, 0.05) is 40.0 Å². The molecule has 1 N–H and O–H groups in total. The van der Waals surface area contributed by atoms with Crippen LogP contribution in [0.4, 0.5) is 31.7 Å². The highest BCUT2D eigenvalue weighted by Crippen LogP contribution is 2.40. The molecule has 72 heavy (non-hydrogen) atoms. The summed E-state index contributed by atoms with van der Waals surface area (Å²) in [7, 11) is -8.93. The van der Waals surface area contributed by atoms with E-state index in [2.05, 4.69) is 15.3 Å². The van der Waals surface area contributed by atoms with E-state index in [4.69, 9.17) is 15.0 Å². The van der Waals surface area contributed by atoms with Crippen molar-refractivity contribution in [3.8, 4) is 0 Å². The van der Waals surface area contributed by atoms with E-state index in [0.29, 0.717) is 39.4 Å². The third kappa shape index (κ3) is 8.31. The van der Waals surface area contributed by atoms with Crippen LogP contribution >= 0.6 is 0 Å². The Bertz CT molecular complexity index is 3740. The molecule has 0 atom stereocenters. The van der Waals surface area contributed by atoms with Crippen molar-refractivity contribution in [3.63, 3.8) is 0 Å². The summed E-state index contributed by atoms with van der Waals surface area (Å²) in [6.45, 7) is 17.4. The first-order chi connectivity index (χ1) is 34.4. The molecule has 0 aliphatic carbocycles. The molecular formula is C54H46B3F6N9. The summed E-state index contributed by atoms with van der Waals surface area (Å²) in [5.41, 5.74) is 13.8. The zero-order valence-electron chi connectivity index (χ0n) is 41.0. The largest absolute Gasteiger partial charge is 0.679 e. The topological polar surface area (TPSA) is 89.7 Å². The number of rotatable bonds is 11. The summed E-state index contributed by atoms with van der Waals surface area (Å²) in [5.74, 6) is 0.0149. The number of anilines is 1. The molecule has 0 fully saturated rings. The Balaban J connectivity index is 1.13. The Labute approximate surface area is 413 Å².